The highest BCUT2D eigenvalue weighted by atomic mass is 79.9. The van der Waals surface area contributed by atoms with Crippen molar-refractivity contribution in [2.45, 2.75) is 33.6 Å². The largest absolute Gasteiger partial charge is 0.334 e. The first-order valence-electron chi connectivity index (χ1n) is 10.3. The summed E-state index contributed by atoms with van der Waals surface area (Å²) in [6.07, 6.45) is 0. The summed E-state index contributed by atoms with van der Waals surface area (Å²) >= 11 is 3.49. The van der Waals surface area contributed by atoms with Gasteiger partial charge in [0.1, 0.15) is 0 Å². The molecule has 2 aromatic heterocycles. The van der Waals surface area contributed by atoms with E-state index in [-0.39, 0.29) is 11.8 Å². The predicted octanol–water partition coefficient (Wildman–Crippen LogP) is 6.55. The molecule has 0 radical (unpaired) electrons. The lowest BCUT2D eigenvalue weighted by molar-refractivity contribution is 0.102. The van der Waals surface area contributed by atoms with Crippen molar-refractivity contribution in [2.24, 2.45) is 0 Å². The molecule has 0 aliphatic carbocycles. The zero-order valence-electron chi connectivity index (χ0n) is 18.3. The van der Waals surface area contributed by atoms with Crippen LogP contribution in [0.1, 0.15) is 47.2 Å². The van der Waals surface area contributed by atoms with Gasteiger partial charge in [-0.15, -0.1) is 0 Å². The van der Waals surface area contributed by atoms with Crippen LogP contribution in [0.4, 0.5) is 5.69 Å². The fraction of sp³-hybridized carbons (Fsp3) is 0.200. The van der Waals surface area contributed by atoms with E-state index in [1.807, 2.05) is 76.2 Å². The smallest absolute Gasteiger partial charge is 0.260 e. The minimum Gasteiger partial charge on any atom is -0.334 e. The van der Waals surface area contributed by atoms with E-state index in [9.17, 15) is 4.79 Å². The lowest BCUT2D eigenvalue weighted by Crippen LogP contribution is -2.15. The van der Waals surface area contributed by atoms with Crippen molar-refractivity contribution >= 4 is 27.5 Å². The molecule has 6 nitrogen and oxygen atoms in total. The van der Waals surface area contributed by atoms with Gasteiger partial charge in [-0.2, -0.15) is 4.98 Å². The Morgan fingerprint density at radius 3 is 2.50 bits per heavy atom. The third kappa shape index (κ3) is 4.48. The summed E-state index contributed by atoms with van der Waals surface area (Å²) in [5, 5.41) is 7.07. The molecular formula is C25H23BrN4O2. The molecule has 4 rings (SSSR count). The molecule has 32 heavy (non-hydrogen) atoms. The number of hydrogen-bond donors (Lipinski definition) is 1. The number of halogens is 1. The molecule has 7 heteroatoms. The lowest BCUT2D eigenvalue weighted by Gasteiger charge is -2.13. The van der Waals surface area contributed by atoms with Gasteiger partial charge in [-0.05, 0) is 49.7 Å². The summed E-state index contributed by atoms with van der Waals surface area (Å²) in [7, 11) is 0. The summed E-state index contributed by atoms with van der Waals surface area (Å²) in [4.78, 5) is 22.3. The quantitative estimate of drug-likeness (QED) is 0.342. The van der Waals surface area contributed by atoms with Crippen molar-refractivity contribution in [3.05, 3.63) is 81.7 Å². The first-order chi connectivity index (χ1) is 15.3. The maximum Gasteiger partial charge on any atom is 0.260 e. The van der Waals surface area contributed by atoms with Gasteiger partial charge in [-0.3, -0.25) is 9.78 Å². The number of nitrogens with zero attached hydrogens (tertiary/aromatic N) is 3. The van der Waals surface area contributed by atoms with Crippen LogP contribution in [-0.2, 0) is 0 Å². The average Bonchev–Trinajstić information content (AvgIpc) is 3.25. The number of nitrogens with one attached hydrogen (secondary N) is 1. The van der Waals surface area contributed by atoms with E-state index in [0.29, 0.717) is 34.2 Å². The number of pyridine rings is 1. The molecule has 0 bridgehead atoms. The Kier molecular flexibility index (Phi) is 6.19. The van der Waals surface area contributed by atoms with Crippen LogP contribution in [0.15, 0.2) is 63.6 Å². The van der Waals surface area contributed by atoms with Crippen molar-refractivity contribution < 1.29 is 9.32 Å². The van der Waals surface area contributed by atoms with E-state index in [1.165, 1.54) is 0 Å². The van der Waals surface area contributed by atoms with Gasteiger partial charge in [0.05, 0.1) is 28.2 Å². The molecule has 0 fully saturated rings. The third-order valence-corrected chi connectivity index (χ3v) is 5.64. The molecule has 2 heterocycles. The number of aryl methyl sites for hydroxylation is 2. The highest BCUT2D eigenvalue weighted by Gasteiger charge is 2.19. The van der Waals surface area contributed by atoms with Crippen LogP contribution in [0, 0.1) is 13.8 Å². The molecule has 0 spiro atoms. The average molecular weight is 491 g/mol. The Morgan fingerprint density at radius 1 is 1.03 bits per heavy atom. The SMILES string of the molecule is Cc1cccc(-c2nc(C(C)C)no2)c1NC(=O)c1ccc(-c2cccc(Br)c2)nc1C. The number of carbonyl (C=O) groups excluding carboxylic acids is 1. The Bertz CT molecular complexity index is 1300. The van der Waals surface area contributed by atoms with Gasteiger partial charge < -0.3 is 9.84 Å². The molecule has 0 saturated heterocycles. The first kappa shape index (κ1) is 21.9. The molecule has 1 N–H and O–H groups in total. The number of para-hydroxylation sites is 1. The third-order valence-electron chi connectivity index (χ3n) is 5.15. The van der Waals surface area contributed by atoms with Gasteiger partial charge in [0.2, 0.25) is 0 Å². The summed E-state index contributed by atoms with van der Waals surface area (Å²) in [6.45, 7) is 7.77. The number of rotatable bonds is 5. The molecule has 0 atom stereocenters. The zero-order valence-corrected chi connectivity index (χ0v) is 19.9. The number of amides is 1. The highest BCUT2D eigenvalue weighted by molar-refractivity contribution is 9.10. The van der Waals surface area contributed by atoms with Crippen LogP contribution in [0.25, 0.3) is 22.7 Å². The van der Waals surface area contributed by atoms with Gasteiger partial charge >= 0.3 is 0 Å². The van der Waals surface area contributed by atoms with Crippen LogP contribution >= 0.6 is 15.9 Å². The number of benzene rings is 2. The number of anilines is 1. The van der Waals surface area contributed by atoms with Crippen LogP contribution in [0.5, 0.6) is 0 Å². The summed E-state index contributed by atoms with van der Waals surface area (Å²) in [5.74, 6) is 0.914. The second kappa shape index (κ2) is 9.04. The minimum absolute atomic E-state index is 0.146. The molecule has 0 unspecified atom stereocenters. The van der Waals surface area contributed by atoms with E-state index >= 15 is 0 Å². The standard InChI is InChI=1S/C25H23BrN4O2/c1-14(2)23-29-25(32-30-23)20-10-5-7-15(3)22(20)28-24(31)19-11-12-21(27-16(19)4)17-8-6-9-18(26)13-17/h5-14H,1-4H3,(H,28,31). The molecule has 0 aliphatic heterocycles. The van der Waals surface area contributed by atoms with Gasteiger partial charge in [0, 0.05) is 16.0 Å². The monoisotopic (exact) mass is 490 g/mol. The maximum atomic E-state index is 13.2. The Balaban J connectivity index is 1.64. The van der Waals surface area contributed by atoms with E-state index in [0.717, 1.165) is 21.3 Å². The van der Waals surface area contributed by atoms with Crippen molar-refractivity contribution in [1.82, 2.24) is 15.1 Å². The fourth-order valence-corrected chi connectivity index (χ4v) is 3.78. The second-order valence-electron chi connectivity index (χ2n) is 7.90. The predicted molar refractivity (Wildman–Crippen MR) is 129 cm³/mol. The summed E-state index contributed by atoms with van der Waals surface area (Å²) in [5.41, 5.74) is 5.18. The van der Waals surface area contributed by atoms with Gasteiger partial charge in [0.15, 0.2) is 5.82 Å². The van der Waals surface area contributed by atoms with Crippen molar-refractivity contribution in [3.8, 4) is 22.7 Å². The molecule has 2 aromatic carbocycles. The summed E-state index contributed by atoms with van der Waals surface area (Å²) < 4.78 is 6.44. The normalized spacial score (nSPS) is 11.1. The number of hydrogen-bond acceptors (Lipinski definition) is 5. The van der Waals surface area contributed by atoms with Gasteiger partial charge in [-0.1, -0.05) is 59.2 Å². The van der Waals surface area contributed by atoms with E-state index in [2.05, 4.69) is 36.4 Å². The summed E-state index contributed by atoms with van der Waals surface area (Å²) in [6, 6.07) is 17.3. The van der Waals surface area contributed by atoms with Crippen LogP contribution in [0.3, 0.4) is 0 Å². The topological polar surface area (TPSA) is 80.9 Å². The van der Waals surface area contributed by atoms with Crippen molar-refractivity contribution in [1.29, 1.82) is 0 Å². The zero-order chi connectivity index (χ0) is 22.8. The van der Waals surface area contributed by atoms with E-state index in [4.69, 9.17) is 4.52 Å². The van der Waals surface area contributed by atoms with Gasteiger partial charge in [0.25, 0.3) is 11.8 Å². The Labute approximate surface area is 195 Å². The molecule has 0 saturated carbocycles. The molecule has 162 valence electrons. The Morgan fingerprint density at radius 2 is 1.81 bits per heavy atom. The Hall–Kier alpha value is -3.32. The first-order valence-corrected chi connectivity index (χ1v) is 11.1. The molecule has 4 aromatic rings. The van der Waals surface area contributed by atoms with Crippen LogP contribution < -0.4 is 5.32 Å². The molecule has 0 aliphatic rings. The fourth-order valence-electron chi connectivity index (χ4n) is 3.38. The maximum absolute atomic E-state index is 13.2. The minimum atomic E-state index is -0.241. The van der Waals surface area contributed by atoms with Crippen LogP contribution in [-0.4, -0.2) is 21.0 Å². The van der Waals surface area contributed by atoms with Crippen molar-refractivity contribution in [2.75, 3.05) is 5.32 Å². The van der Waals surface area contributed by atoms with Crippen molar-refractivity contribution in [3.63, 3.8) is 0 Å². The second-order valence-corrected chi connectivity index (χ2v) is 8.82. The number of carbonyl (C=O) groups is 1. The highest BCUT2D eigenvalue weighted by Crippen LogP contribution is 2.31. The number of aromatic nitrogens is 3. The molecular weight excluding hydrogens is 468 g/mol. The van der Waals surface area contributed by atoms with E-state index < -0.39 is 0 Å². The van der Waals surface area contributed by atoms with Crippen LogP contribution in [0.2, 0.25) is 0 Å². The van der Waals surface area contributed by atoms with E-state index in [1.54, 1.807) is 6.07 Å². The van der Waals surface area contributed by atoms with Gasteiger partial charge in [-0.25, -0.2) is 0 Å². The lowest BCUT2D eigenvalue weighted by atomic mass is 10.1. The molecule has 1 amide bonds.